The molecule has 0 bridgehead atoms. The summed E-state index contributed by atoms with van der Waals surface area (Å²) < 4.78 is 2.42. The lowest BCUT2D eigenvalue weighted by Crippen LogP contribution is -2.34. The summed E-state index contributed by atoms with van der Waals surface area (Å²) in [6.07, 6.45) is 6.38. The number of hydrogen-bond acceptors (Lipinski definition) is 3. The van der Waals surface area contributed by atoms with Gasteiger partial charge in [-0.05, 0) is 45.6 Å². The van der Waals surface area contributed by atoms with Gasteiger partial charge in [0.15, 0.2) is 11.3 Å². The van der Waals surface area contributed by atoms with Crippen LogP contribution in [-0.4, -0.2) is 38.5 Å². The molecule has 0 spiro atoms. The van der Waals surface area contributed by atoms with Gasteiger partial charge in [-0.25, -0.2) is 9.50 Å². The summed E-state index contributed by atoms with van der Waals surface area (Å²) in [6.45, 7) is 1.24. The van der Waals surface area contributed by atoms with Crippen molar-refractivity contribution in [1.29, 1.82) is 0 Å². The molecule has 1 aliphatic rings. The van der Waals surface area contributed by atoms with Crippen molar-refractivity contribution in [3.63, 3.8) is 0 Å². The molecular formula is C18H14BrClN4O. The zero-order chi connectivity index (χ0) is 17.4. The van der Waals surface area contributed by atoms with E-state index >= 15 is 0 Å². The van der Waals surface area contributed by atoms with Crippen molar-refractivity contribution in [3.8, 4) is 0 Å². The van der Waals surface area contributed by atoms with Crippen molar-refractivity contribution < 1.29 is 4.79 Å². The summed E-state index contributed by atoms with van der Waals surface area (Å²) >= 11 is 9.29. The Kier molecular flexibility index (Phi) is 4.31. The van der Waals surface area contributed by atoms with Crippen LogP contribution in [0.5, 0.6) is 0 Å². The number of aromatic nitrogens is 3. The van der Waals surface area contributed by atoms with Crippen LogP contribution in [0.4, 0.5) is 0 Å². The third kappa shape index (κ3) is 3.32. The van der Waals surface area contributed by atoms with E-state index in [2.05, 4.69) is 32.1 Å². The molecule has 5 nitrogen and oxygen atoms in total. The fourth-order valence-electron chi connectivity index (χ4n) is 2.90. The first-order valence-corrected chi connectivity index (χ1v) is 9.02. The number of benzene rings is 1. The van der Waals surface area contributed by atoms with Gasteiger partial charge in [-0.15, -0.1) is 0 Å². The minimum absolute atomic E-state index is 0.0759. The molecule has 0 saturated heterocycles. The van der Waals surface area contributed by atoms with Crippen LogP contribution in [0.1, 0.15) is 22.5 Å². The maximum atomic E-state index is 12.7. The molecule has 0 fully saturated rings. The molecule has 1 amide bonds. The van der Waals surface area contributed by atoms with Crippen LogP contribution in [0.15, 0.2) is 53.3 Å². The first kappa shape index (κ1) is 16.3. The smallest absolute Gasteiger partial charge is 0.274 e. The molecule has 0 radical (unpaired) electrons. The van der Waals surface area contributed by atoms with Crippen molar-refractivity contribution in [1.82, 2.24) is 19.5 Å². The van der Waals surface area contributed by atoms with Crippen LogP contribution >= 0.6 is 27.5 Å². The average molecular weight is 418 g/mol. The molecular weight excluding hydrogens is 404 g/mol. The highest BCUT2D eigenvalue weighted by Gasteiger charge is 2.22. The molecule has 4 rings (SSSR count). The van der Waals surface area contributed by atoms with Gasteiger partial charge >= 0.3 is 0 Å². The second-order valence-electron chi connectivity index (χ2n) is 5.84. The molecule has 126 valence electrons. The molecule has 1 aromatic carbocycles. The number of rotatable bonds is 2. The number of amides is 1. The first-order chi connectivity index (χ1) is 12.1. The van der Waals surface area contributed by atoms with Crippen LogP contribution < -0.4 is 0 Å². The Labute approximate surface area is 158 Å². The fraction of sp³-hybridized carbons (Fsp3) is 0.167. The van der Waals surface area contributed by atoms with Gasteiger partial charge in [-0.3, -0.25) is 4.79 Å². The Balaban J connectivity index is 1.52. The molecule has 2 aromatic heterocycles. The zero-order valence-corrected chi connectivity index (χ0v) is 15.5. The van der Waals surface area contributed by atoms with Gasteiger partial charge in [0, 0.05) is 36.6 Å². The summed E-state index contributed by atoms with van der Waals surface area (Å²) in [4.78, 5) is 18.8. The minimum atomic E-state index is -0.0759. The van der Waals surface area contributed by atoms with Crippen LogP contribution in [0.2, 0.25) is 5.02 Å². The van der Waals surface area contributed by atoms with Crippen LogP contribution in [0.25, 0.3) is 11.2 Å². The fourth-order valence-corrected chi connectivity index (χ4v) is 3.32. The van der Waals surface area contributed by atoms with E-state index in [-0.39, 0.29) is 5.91 Å². The minimum Gasteiger partial charge on any atom is -0.333 e. The summed E-state index contributed by atoms with van der Waals surface area (Å²) in [6, 6.07) is 9.51. The molecule has 7 heteroatoms. The molecule has 0 saturated carbocycles. The van der Waals surface area contributed by atoms with Gasteiger partial charge in [0.1, 0.15) is 0 Å². The van der Waals surface area contributed by atoms with Gasteiger partial charge in [-0.2, -0.15) is 5.10 Å². The molecule has 3 aromatic rings. The van der Waals surface area contributed by atoms with E-state index in [1.165, 1.54) is 5.57 Å². The molecule has 25 heavy (non-hydrogen) atoms. The number of carbonyl (C=O) groups excluding carboxylic acids is 1. The van der Waals surface area contributed by atoms with Gasteiger partial charge < -0.3 is 4.90 Å². The molecule has 0 aliphatic carbocycles. The number of hydrogen-bond donors (Lipinski definition) is 0. The van der Waals surface area contributed by atoms with Gasteiger partial charge in [0.2, 0.25) is 0 Å². The Bertz CT molecular complexity index is 980. The van der Waals surface area contributed by atoms with E-state index in [1.807, 2.05) is 24.3 Å². The van der Waals surface area contributed by atoms with Crippen molar-refractivity contribution in [3.05, 3.63) is 69.6 Å². The first-order valence-electron chi connectivity index (χ1n) is 7.85. The van der Waals surface area contributed by atoms with Gasteiger partial charge in [-0.1, -0.05) is 29.8 Å². The predicted molar refractivity (Wildman–Crippen MR) is 101 cm³/mol. The molecule has 0 unspecified atom stereocenters. The highest BCUT2D eigenvalue weighted by atomic mass is 79.9. The highest BCUT2D eigenvalue weighted by molar-refractivity contribution is 9.10. The normalized spacial score (nSPS) is 14.6. The van der Waals surface area contributed by atoms with E-state index in [0.29, 0.717) is 24.4 Å². The number of carbonyl (C=O) groups is 1. The Morgan fingerprint density at radius 1 is 1.24 bits per heavy atom. The number of nitrogens with zero attached hydrogens (tertiary/aromatic N) is 4. The third-order valence-electron chi connectivity index (χ3n) is 4.21. The van der Waals surface area contributed by atoms with Crippen molar-refractivity contribution in [2.75, 3.05) is 13.1 Å². The summed E-state index contributed by atoms with van der Waals surface area (Å²) in [5.74, 6) is -0.0759. The maximum Gasteiger partial charge on any atom is 0.274 e. The second-order valence-corrected chi connectivity index (χ2v) is 7.19. The second kappa shape index (κ2) is 6.61. The monoisotopic (exact) mass is 416 g/mol. The third-order valence-corrected chi connectivity index (χ3v) is 4.87. The lowest BCUT2D eigenvalue weighted by molar-refractivity contribution is 0.0766. The topological polar surface area (TPSA) is 50.5 Å². The molecule has 0 atom stereocenters. The van der Waals surface area contributed by atoms with Crippen LogP contribution in [-0.2, 0) is 0 Å². The van der Waals surface area contributed by atoms with E-state index in [9.17, 15) is 4.79 Å². The van der Waals surface area contributed by atoms with E-state index in [1.54, 1.807) is 27.9 Å². The Morgan fingerprint density at radius 3 is 2.76 bits per heavy atom. The SMILES string of the molecule is O=C(c1cc2ncc(Br)cn2n1)N1CC=C(c2ccc(Cl)cc2)CC1. The van der Waals surface area contributed by atoms with Crippen molar-refractivity contribution in [2.45, 2.75) is 6.42 Å². The predicted octanol–water partition coefficient (Wildman–Crippen LogP) is 4.07. The quantitative estimate of drug-likeness (QED) is 0.631. The average Bonchev–Trinajstić information content (AvgIpc) is 3.05. The molecule has 3 heterocycles. The Hall–Kier alpha value is -2.18. The van der Waals surface area contributed by atoms with Crippen molar-refractivity contribution in [2.24, 2.45) is 0 Å². The lowest BCUT2D eigenvalue weighted by Gasteiger charge is -2.26. The van der Waals surface area contributed by atoms with Gasteiger partial charge in [0.05, 0.1) is 4.47 Å². The zero-order valence-electron chi connectivity index (χ0n) is 13.2. The lowest BCUT2D eigenvalue weighted by atomic mass is 9.99. The standard InChI is InChI=1S/C18H14BrClN4O/c19-14-10-21-17-9-16(22-24(17)11-14)18(25)23-7-5-13(6-8-23)12-1-3-15(20)4-2-12/h1-5,9-11H,6-8H2. The van der Waals surface area contributed by atoms with E-state index in [0.717, 1.165) is 21.5 Å². The molecule has 0 N–H and O–H groups in total. The summed E-state index contributed by atoms with van der Waals surface area (Å²) in [5.41, 5.74) is 3.45. The summed E-state index contributed by atoms with van der Waals surface area (Å²) in [5, 5.41) is 5.06. The van der Waals surface area contributed by atoms with Crippen molar-refractivity contribution >= 4 is 44.7 Å². The number of fused-ring (bicyclic) bond motifs is 1. The number of halogens is 2. The molecule has 1 aliphatic heterocycles. The highest BCUT2D eigenvalue weighted by Crippen LogP contribution is 2.24. The maximum absolute atomic E-state index is 12.7. The summed E-state index contributed by atoms with van der Waals surface area (Å²) in [7, 11) is 0. The Morgan fingerprint density at radius 2 is 2.04 bits per heavy atom. The van der Waals surface area contributed by atoms with Crippen LogP contribution in [0.3, 0.4) is 0 Å². The van der Waals surface area contributed by atoms with Gasteiger partial charge in [0.25, 0.3) is 5.91 Å². The van der Waals surface area contributed by atoms with E-state index < -0.39 is 0 Å². The van der Waals surface area contributed by atoms with E-state index in [4.69, 9.17) is 11.6 Å². The largest absolute Gasteiger partial charge is 0.333 e. The van der Waals surface area contributed by atoms with Crippen LogP contribution in [0, 0.1) is 0 Å².